The number of morpholine rings is 1. The molecule has 1 atom stereocenters. The molecular formula is C23H24N5O3+. The van der Waals surface area contributed by atoms with E-state index in [0.29, 0.717) is 42.1 Å². The van der Waals surface area contributed by atoms with Gasteiger partial charge >= 0.3 is 0 Å². The summed E-state index contributed by atoms with van der Waals surface area (Å²) in [5.74, 6) is 0.653. The molecule has 31 heavy (non-hydrogen) atoms. The first-order valence-corrected chi connectivity index (χ1v) is 10.4. The van der Waals surface area contributed by atoms with Gasteiger partial charge in [0.25, 0.3) is 0 Å². The molecule has 8 nitrogen and oxygen atoms in total. The van der Waals surface area contributed by atoms with Crippen molar-refractivity contribution in [3.05, 3.63) is 87.5 Å². The van der Waals surface area contributed by atoms with Crippen LogP contribution in [-0.4, -0.2) is 46.5 Å². The van der Waals surface area contributed by atoms with E-state index in [1.807, 2.05) is 55.5 Å². The van der Waals surface area contributed by atoms with Crippen LogP contribution in [0.3, 0.4) is 0 Å². The minimum atomic E-state index is -0.344. The summed E-state index contributed by atoms with van der Waals surface area (Å²) in [5.41, 5.74) is 3.22. The first kappa shape index (κ1) is 19.6. The van der Waals surface area contributed by atoms with Gasteiger partial charge in [-0.05, 0) is 35.0 Å². The van der Waals surface area contributed by atoms with E-state index in [-0.39, 0.29) is 11.5 Å². The molecule has 0 unspecified atom stereocenters. The molecule has 0 spiro atoms. The number of hydrogen-bond donors (Lipinski definition) is 1. The highest BCUT2D eigenvalue weighted by molar-refractivity contribution is 5.77. The molecule has 0 aliphatic carbocycles. The second-order valence-electron chi connectivity index (χ2n) is 7.90. The van der Waals surface area contributed by atoms with E-state index in [1.54, 1.807) is 10.9 Å². The zero-order chi connectivity index (χ0) is 21.2. The van der Waals surface area contributed by atoms with Gasteiger partial charge in [-0.1, -0.05) is 42.0 Å². The van der Waals surface area contributed by atoms with E-state index in [0.717, 1.165) is 24.2 Å². The van der Waals surface area contributed by atoms with E-state index < -0.39 is 0 Å². The molecule has 1 N–H and O–H groups in total. The Morgan fingerprint density at radius 1 is 1.13 bits per heavy atom. The highest BCUT2D eigenvalue weighted by atomic mass is 16.5. The molecule has 0 bridgehead atoms. The number of quaternary nitrogens is 1. The highest BCUT2D eigenvalue weighted by Crippen LogP contribution is 2.20. The smallest absolute Gasteiger partial charge is 0.214 e. The topological polar surface area (TPSA) is 87.5 Å². The van der Waals surface area contributed by atoms with Gasteiger partial charge in [0, 0.05) is 0 Å². The lowest BCUT2D eigenvalue weighted by Crippen LogP contribution is -3.14. The van der Waals surface area contributed by atoms with Crippen molar-refractivity contribution in [3.63, 3.8) is 0 Å². The summed E-state index contributed by atoms with van der Waals surface area (Å²) in [6.07, 6.45) is 1.58. The number of aryl methyl sites for hydroxylation is 1. The van der Waals surface area contributed by atoms with E-state index in [1.165, 1.54) is 4.90 Å². The molecule has 2 aromatic heterocycles. The third-order valence-electron chi connectivity index (χ3n) is 5.80. The molecule has 4 aromatic rings. The average molecular weight is 418 g/mol. The standard InChI is InChI=1S/C23H23N5O3/c1-16-7-8-20-18(13-16)22(29)19(15-31-20)21(27-9-11-30-12-10-27)23-24-25-26-28(23)14-17-5-3-2-4-6-17/h2-8,13,15,21H,9-12,14H2,1H3/p+1/t21-/m1/s1. The predicted molar refractivity (Wildman–Crippen MR) is 114 cm³/mol. The maximum absolute atomic E-state index is 13.5. The van der Waals surface area contributed by atoms with E-state index in [9.17, 15) is 4.79 Å². The Labute approximate surface area is 179 Å². The summed E-state index contributed by atoms with van der Waals surface area (Å²) in [5, 5.41) is 13.1. The van der Waals surface area contributed by atoms with Gasteiger partial charge in [0.2, 0.25) is 11.3 Å². The zero-order valence-corrected chi connectivity index (χ0v) is 17.3. The largest absolute Gasteiger partial charge is 0.464 e. The summed E-state index contributed by atoms with van der Waals surface area (Å²) in [6, 6.07) is 15.3. The van der Waals surface area contributed by atoms with Gasteiger partial charge in [-0.15, -0.1) is 5.10 Å². The SMILES string of the molecule is Cc1ccc2occ([C@H](c3nnnn3Cc3ccccc3)[NH+]3CCOCC3)c(=O)c2c1. The van der Waals surface area contributed by atoms with Crippen LogP contribution in [0.5, 0.6) is 0 Å². The van der Waals surface area contributed by atoms with Crippen molar-refractivity contribution in [1.29, 1.82) is 0 Å². The lowest BCUT2D eigenvalue weighted by atomic mass is 10.0. The number of tetrazole rings is 1. The number of nitrogens with one attached hydrogen (secondary N) is 1. The van der Waals surface area contributed by atoms with Crippen LogP contribution in [0, 0.1) is 6.92 Å². The maximum Gasteiger partial charge on any atom is 0.214 e. The first-order valence-electron chi connectivity index (χ1n) is 10.4. The molecular weight excluding hydrogens is 394 g/mol. The molecule has 1 fully saturated rings. The van der Waals surface area contributed by atoms with Crippen LogP contribution < -0.4 is 10.3 Å². The average Bonchev–Trinajstić information content (AvgIpc) is 3.25. The number of hydrogen-bond acceptors (Lipinski definition) is 6. The normalized spacial score (nSPS) is 15.9. The van der Waals surface area contributed by atoms with Crippen LogP contribution in [0.4, 0.5) is 0 Å². The Bertz CT molecular complexity index is 1250. The Morgan fingerprint density at radius 2 is 1.94 bits per heavy atom. The predicted octanol–water partition coefficient (Wildman–Crippen LogP) is 1.14. The van der Waals surface area contributed by atoms with Crippen LogP contribution in [0.15, 0.2) is 64.0 Å². The van der Waals surface area contributed by atoms with Crippen LogP contribution in [0.2, 0.25) is 0 Å². The number of benzene rings is 2. The molecule has 0 saturated carbocycles. The molecule has 0 radical (unpaired) electrons. The minimum Gasteiger partial charge on any atom is -0.464 e. The first-order chi connectivity index (χ1) is 15.2. The summed E-state index contributed by atoms with van der Waals surface area (Å²) in [4.78, 5) is 14.7. The van der Waals surface area contributed by atoms with E-state index >= 15 is 0 Å². The molecule has 8 heteroatoms. The molecule has 3 heterocycles. The fraction of sp³-hybridized carbons (Fsp3) is 0.304. The summed E-state index contributed by atoms with van der Waals surface area (Å²) in [7, 11) is 0. The molecule has 158 valence electrons. The van der Waals surface area contributed by atoms with Gasteiger partial charge in [-0.2, -0.15) is 0 Å². The van der Waals surface area contributed by atoms with Gasteiger partial charge < -0.3 is 14.1 Å². The molecule has 2 aromatic carbocycles. The third kappa shape index (κ3) is 3.87. The Morgan fingerprint density at radius 3 is 2.74 bits per heavy atom. The number of nitrogens with zero attached hydrogens (tertiary/aromatic N) is 4. The summed E-state index contributed by atoms with van der Waals surface area (Å²) < 4.78 is 13.2. The van der Waals surface area contributed by atoms with Crippen molar-refractivity contribution in [2.45, 2.75) is 19.5 Å². The quantitative estimate of drug-likeness (QED) is 0.523. The van der Waals surface area contributed by atoms with Crippen molar-refractivity contribution in [2.24, 2.45) is 0 Å². The number of rotatable bonds is 5. The van der Waals surface area contributed by atoms with Gasteiger partial charge in [0.1, 0.15) is 30.5 Å². The minimum absolute atomic E-state index is 0.0387. The van der Waals surface area contributed by atoms with Crippen LogP contribution >= 0.6 is 0 Å². The van der Waals surface area contributed by atoms with Crippen molar-refractivity contribution in [3.8, 4) is 0 Å². The van der Waals surface area contributed by atoms with Crippen molar-refractivity contribution in [1.82, 2.24) is 20.2 Å². The van der Waals surface area contributed by atoms with Gasteiger partial charge in [0.15, 0.2) is 6.04 Å². The monoisotopic (exact) mass is 418 g/mol. The highest BCUT2D eigenvalue weighted by Gasteiger charge is 2.35. The van der Waals surface area contributed by atoms with Crippen molar-refractivity contribution in [2.75, 3.05) is 26.3 Å². The Kier molecular flexibility index (Phi) is 5.31. The van der Waals surface area contributed by atoms with Crippen LogP contribution in [0.1, 0.15) is 28.6 Å². The van der Waals surface area contributed by atoms with Crippen LogP contribution in [0.25, 0.3) is 11.0 Å². The van der Waals surface area contributed by atoms with Gasteiger partial charge in [-0.3, -0.25) is 4.79 Å². The lowest BCUT2D eigenvalue weighted by Gasteiger charge is -2.30. The Balaban J connectivity index is 1.63. The molecule has 1 aliphatic rings. The number of fused-ring (bicyclic) bond motifs is 1. The fourth-order valence-electron chi connectivity index (χ4n) is 4.21. The lowest BCUT2D eigenvalue weighted by molar-refractivity contribution is -0.934. The maximum atomic E-state index is 13.5. The number of ether oxygens (including phenoxy) is 1. The fourth-order valence-corrected chi connectivity index (χ4v) is 4.21. The number of aromatic nitrogens is 4. The second-order valence-corrected chi connectivity index (χ2v) is 7.90. The molecule has 1 saturated heterocycles. The summed E-state index contributed by atoms with van der Waals surface area (Å²) in [6.45, 7) is 5.27. The molecule has 1 aliphatic heterocycles. The van der Waals surface area contributed by atoms with Gasteiger partial charge in [0.05, 0.1) is 25.1 Å². The van der Waals surface area contributed by atoms with Crippen LogP contribution in [-0.2, 0) is 11.3 Å². The van der Waals surface area contributed by atoms with E-state index in [2.05, 4.69) is 15.5 Å². The zero-order valence-electron chi connectivity index (χ0n) is 17.3. The second kappa shape index (κ2) is 8.41. The van der Waals surface area contributed by atoms with Crippen molar-refractivity contribution >= 4 is 11.0 Å². The third-order valence-corrected chi connectivity index (χ3v) is 5.80. The molecule has 0 amide bonds. The van der Waals surface area contributed by atoms with E-state index in [4.69, 9.17) is 9.15 Å². The van der Waals surface area contributed by atoms with Crippen molar-refractivity contribution < 1.29 is 14.1 Å². The summed E-state index contributed by atoms with van der Waals surface area (Å²) >= 11 is 0. The van der Waals surface area contributed by atoms with Gasteiger partial charge in [-0.25, -0.2) is 4.68 Å². The Hall–Kier alpha value is -3.36. The molecule has 5 rings (SSSR count).